The van der Waals surface area contributed by atoms with Gasteiger partial charge < -0.3 is 14.5 Å². The first-order valence-corrected chi connectivity index (χ1v) is 7.70. The van der Waals surface area contributed by atoms with Crippen LogP contribution in [0.2, 0.25) is 0 Å². The van der Waals surface area contributed by atoms with Gasteiger partial charge in [0, 0.05) is 25.2 Å². The van der Waals surface area contributed by atoms with Gasteiger partial charge >= 0.3 is 0 Å². The maximum absolute atomic E-state index is 13.3. The fourth-order valence-corrected chi connectivity index (χ4v) is 3.06. The molecular formula is C16H18F2N2O3. The molecule has 3 rings (SSSR count). The van der Waals surface area contributed by atoms with E-state index in [1.54, 1.807) is 4.90 Å². The summed E-state index contributed by atoms with van der Waals surface area (Å²) in [5.74, 6) is -2.59. The van der Waals surface area contributed by atoms with Crippen LogP contribution in [-0.4, -0.2) is 60.5 Å². The van der Waals surface area contributed by atoms with Gasteiger partial charge in [-0.3, -0.25) is 9.59 Å². The van der Waals surface area contributed by atoms with Crippen molar-refractivity contribution in [2.45, 2.75) is 18.9 Å². The standard InChI is InChI=1S/C16H18F2N2O3/c17-12-4-3-11(10-13(12)18)15(21)20-5-1-2-14(20)16(22)19-6-8-23-9-7-19/h3-4,10,14H,1-2,5-9H2. The average molecular weight is 324 g/mol. The topological polar surface area (TPSA) is 49.9 Å². The number of likely N-dealkylation sites (tertiary alicyclic amines) is 1. The van der Waals surface area contributed by atoms with E-state index in [9.17, 15) is 18.4 Å². The van der Waals surface area contributed by atoms with Gasteiger partial charge in [-0.05, 0) is 31.0 Å². The fraction of sp³-hybridized carbons (Fsp3) is 0.500. The zero-order valence-electron chi connectivity index (χ0n) is 12.6. The highest BCUT2D eigenvalue weighted by Crippen LogP contribution is 2.23. The Morgan fingerprint density at radius 2 is 1.83 bits per heavy atom. The molecule has 7 heteroatoms. The minimum absolute atomic E-state index is 0.0607. The summed E-state index contributed by atoms with van der Waals surface area (Å²) in [4.78, 5) is 28.3. The molecule has 1 unspecified atom stereocenters. The lowest BCUT2D eigenvalue weighted by atomic mass is 10.1. The third-order valence-electron chi connectivity index (χ3n) is 4.29. The molecule has 1 aromatic carbocycles. The van der Waals surface area contributed by atoms with Crippen LogP contribution in [0, 0.1) is 11.6 Å². The molecule has 1 atom stereocenters. The smallest absolute Gasteiger partial charge is 0.254 e. The normalized spacial score (nSPS) is 21.6. The van der Waals surface area contributed by atoms with E-state index in [0.29, 0.717) is 39.3 Å². The molecule has 0 spiro atoms. The highest BCUT2D eigenvalue weighted by atomic mass is 19.2. The summed E-state index contributed by atoms with van der Waals surface area (Å²) in [7, 11) is 0. The first-order chi connectivity index (χ1) is 11.1. The van der Waals surface area contributed by atoms with Crippen molar-refractivity contribution in [1.29, 1.82) is 0 Å². The Balaban J connectivity index is 1.76. The zero-order valence-corrected chi connectivity index (χ0v) is 12.6. The Morgan fingerprint density at radius 3 is 2.52 bits per heavy atom. The van der Waals surface area contributed by atoms with Crippen LogP contribution in [0.5, 0.6) is 0 Å². The van der Waals surface area contributed by atoms with E-state index < -0.39 is 23.6 Å². The zero-order chi connectivity index (χ0) is 16.4. The van der Waals surface area contributed by atoms with E-state index in [1.807, 2.05) is 0 Å². The molecule has 0 N–H and O–H groups in total. The van der Waals surface area contributed by atoms with Gasteiger partial charge in [0.1, 0.15) is 6.04 Å². The second-order valence-corrected chi connectivity index (χ2v) is 5.72. The molecule has 2 fully saturated rings. The number of carbonyl (C=O) groups is 2. The second kappa shape index (κ2) is 6.62. The molecule has 0 radical (unpaired) electrons. The predicted molar refractivity (Wildman–Crippen MR) is 77.8 cm³/mol. The molecule has 0 bridgehead atoms. The molecule has 1 aromatic rings. The molecule has 23 heavy (non-hydrogen) atoms. The number of hydrogen-bond donors (Lipinski definition) is 0. The Bertz CT molecular complexity index is 617. The molecular weight excluding hydrogens is 306 g/mol. The van der Waals surface area contributed by atoms with Crippen LogP contribution in [0.15, 0.2) is 18.2 Å². The minimum atomic E-state index is -1.06. The molecule has 2 aliphatic rings. The highest BCUT2D eigenvalue weighted by molar-refractivity contribution is 5.98. The lowest BCUT2D eigenvalue weighted by Gasteiger charge is -2.32. The highest BCUT2D eigenvalue weighted by Gasteiger charge is 2.37. The van der Waals surface area contributed by atoms with Crippen molar-refractivity contribution in [3.63, 3.8) is 0 Å². The molecule has 5 nitrogen and oxygen atoms in total. The number of carbonyl (C=O) groups excluding carboxylic acids is 2. The predicted octanol–water partition coefficient (Wildman–Crippen LogP) is 1.43. The largest absolute Gasteiger partial charge is 0.378 e. The summed E-state index contributed by atoms with van der Waals surface area (Å²) in [5.41, 5.74) is 0.0607. The van der Waals surface area contributed by atoms with E-state index in [0.717, 1.165) is 18.6 Å². The van der Waals surface area contributed by atoms with E-state index >= 15 is 0 Å². The number of morpholine rings is 1. The Labute approximate surface area is 132 Å². The molecule has 2 amide bonds. The third-order valence-corrected chi connectivity index (χ3v) is 4.29. The van der Waals surface area contributed by atoms with Crippen LogP contribution in [0.4, 0.5) is 8.78 Å². The van der Waals surface area contributed by atoms with Gasteiger partial charge in [0.05, 0.1) is 13.2 Å². The SMILES string of the molecule is O=C(C1CCCN1C(=O)c1ccc(F)c(F)c1)N1CCOCC1. The van der Waals surface area contributed by atoms with E-state index in [1.165, 1.54) is 11.0 Å². The maximum atomic E-state index is 13.3. The van der Waals surface area contributed by atoms with Crippen LogP contribution < -0.4 is 0 Å². The van der Waals surface area contributed by atoms with E-state index in [2.05, 4.69) is 0 Å². The van der Waals surface area contributed by atoms with Crippen molar-refractivity contribution in [2.24, 2.45) is 0 Å². The van der Waals surface area contributed by atoms with Gasteiger partial charge in [-0.25, -0.2) is 8.78 Å². The number of halogens is 2. The van der Waals surface area contributed by atoms with E-state index in [-0.39, 0.29) is 11.5 Å². The lowest BCUT2D eigenvalue weighted by molar-refractivity contribution is -0.139. The molecule has 0 aromatic heterocycles. The Hall–Kier alpha value is -2.02. The van der Waals surface area contributed by atoms with Crippen molar-refractivity contribution >= 4 is 11.8 Å². The Kier molecular flexibility index (Phi) is 4.56. The van der Waals surface area contributed by atoms with Crippen LogP contribution in [-0.2, 0) is 9.53 Å². The van der Waals surface area contributed by atoms with Gasteiger partial charge in [0.15, 0.2) is 11.6 Å². The quantitative estimate of drug-likeness (QED) is 0.827. The van der Waals surface area contributed by atoms with Crippen molar-refractivity contribution in [2.75, 3.05) is 32.8 Å². The van der Waals surface area contributed by atoms with Gasteiger partial charge in [-0.15, -0.1) is 0 Å². The Morgan fingerprint density at radius 1 is 1.09 bits per heavy atom. The van der Waals surface area contributed by atoms with Crippen molar-refractivity contribution < 1.29 is 23.1 Å². The summed E-state index contributed by atoms with van der Waals surface area (Å²) in [6, 6.07) is 2.52. The molecule has 124 valence electrons. The van der Waals surface area contributed by atoms with Crippen molar-refractivity contribution in [3.05, 3.63) is 35.4 Å². The molecule has 2 aliphatic heterocycles. The summed E-state index contributed by atoms with van der Waals surface area (Å²) >= 11 is 0. The first kappa shape index (κ1) is 15.9. The number of benzene rings is 1. The number of nitrogens with zero attached hydrogens (tertiary/aromatic N) is 2. The van der Waals surface area contributed by atoms with Crippen LogP contribution in [0.1, 0.15) is 23.2 Å². The fourth-order valence-electron chi connectivity index (χ4n) is 3.06. The first-order valence-electron chi connectivity index (χ1n) is 7.70. The van der Waals surface area contributed by atoms with Crippen molar-refractivity contribution in [1.82, 2.24) is 9.80 Å². The van der Waals surface area contributed by atoms with Gasteiger partial charge in [0.2, 0.25) is 5.91 Å². The average Bonchev–Trinajstić information content (AvgIpc) is 3.06. The third kappa shape index (κ3) is 3.19. The van der Waals surface area contributed by atoms with Crippen molar-refractivity contribution in [3.8, 4) is 0 Å². The number of hydrogen-bond acceptors (Lipinski definition) is 3. The molecule has 2 saturated heterocycles. The summed E-state index contributed by atoms with van der Waals surface area (Å²) in [6.07, 6.45) is 1.31. The van der Waals surface area contributed by atoms with Crippen LogP contribution in [0.25, 0.3) is 0 Å². The number of amides is 2. The lowest BCUT2D eigenvalue weighted by Crippen LogP contribution is -2.51. The molecule has 0 saturated carbocycles. The minimum Gasteiger partial charge on any atom is -0.378 e. The monoisotopic (exact) mass is 324 g/mol. The second-order valence-electron chi connectivity index (χ2n) is 5.72. The summed E-state index contributed by atoms with van der Waals surface area (Å²) < 4.78 is 31.6. The maximum Gasteiger partial charge on any atom is 0.254 e. The van der Waals surface area contributed by atoms with E-state index in [4.69, 9.17) is 4.74 Å². The van der Waals surface area contributed by atoms with Gasteiger partial charge in [0.25, 0.3) is 5.91 Å². The van der Waals surface area contributed by atoms with Gasteiger partial charge in [-0.2, -0.15) is 0 Å². The number of rotatable bonds is 2. The molecule has 0 aliphatic carbocycles. The summed E-state index contributed by atoms with van der Waals surface area (Å²) in [5, 5.41) is 0. The van der Waals surface area contributed by atoms with Gasteiger partial charge in [-0.1, -0.05) is 0 Å². The van der Waals surface area contributed by atoms with Crippen LogP contribution in [0.3, 0.4) is 0 Å². The number of ether oxygens (including phenoxy) is 1. The molecule has 2 heterocycles. The van der Waals surface area contributed by atoms with Crippen LogP contribution >= 0.6 is 0 Å². The summed E-state index contributed by atoms with van der Waals surface area (Å²) in [6.45, 7) is 2.47.